The second kappa shape index (κ2) is 8.24. The largest absolute Gasteiger partial charge is 0.495 e. The van der Waals surface area contributed by atoms with Crippen molar-refractivity contribution in [2.24, 2.45) is 0 Å². The molecule has 3 atom stereocenters. The summed E-state index contributed by atoms with van der Waals surface area (Å²) in [6.07, 6.45) is -1.98. The lowest BCUT2D eigenvalue weighted by Gasteiger charge is -2.16. The molecule has 142 valence electrons. The molecule has 0 radical (unpaired) electrons. The number of ether oxygens (including phenoxy) is 2. The summed E-state index contributed by atoms with van der Waals surface area (Å²) in [5, 5.41) is 36.2. The molecule has 0 aromatic heterocycles. The van der Waals surface area contributed by atoms with E-state index in [0.29, 0.717) is 11.3 Å². The van der Waals surface area contributed by atoms with Crippen LogP contribution in [0.1, 0.15) is 24.1 Å². The highest BCUT2D eigenvalue weighted by Gasteiger charge is 2.39. The summed E-state index contributed by atoms with van der Waals surface area (Å²) in [4.78, 5) is 0. The normalized spacial score (nSPS) is 19.3. The van der Waals surface area contributed by atoms with Crippen molar-refractivity contribution in [3.8, 4) is 11.8 Å². The smallest absolute Gasteiger partial charge is 0.211 e. The Labute approximate surface area is 157 Å². The minimum absolute atomic E-state index is 0.200. The van der Waals surface area contributed by atoms with Gasteiger partial charge in [-0.2, -0.15) is 5.26 Å². The van der Waals surface area contributed by atoms with Crippen molar-refractivity contribution in [3.63, 3.8) is 0 Å². The molecule has 0 spiro atoms. The number of aliphatic hydroxyl groups is 2. The first-order valence-corrected chi connectivity index (χ1v) is 8.49. The number of nitrogens with one attached hydrogen (secondary N) is 3. The summed E-state index contributed by atoms with van der Waals surface area (Å²) in [6.45, 7) is 1.84. The molecule has 1 heterocycles. The summed E-state index contributed by atoms with van der Waals surface area (Å²) in [6, 6.07) is 14.7. The summed E-state index contributed by atoms with van der Waals surface area (Å²) < 4.78 is 10.8. The Kier molecular flexibility index (Phi) is 5.78. The van der Waals surface area contributed by atoms with Crippen LogP contribution < -0.4 is 20.7 Å². The monoisotopic (exact) mass is 370 g/mol. The van der Waals surface area contributed by atoms with Crippen molar-refractivity contribution in [3.05, 3.63) is 53.6 Å². The van der Waals surface area contributed by atoms with Crippen LogP contribution >= 0.6 is 0 Å². The molecule has 1 aliphatic rings. The summed E-state index contributed by atoms with van der Waals surface area (Å²) in [5.41, 5.74) is 3.04. The van der Waals surface area contributed by atoms with Crippen LogP contribution in [0.25, 0.3) is 0 Å². The highest BCUT2D eigenvalue weighted by molar-refractivity contribution is 5.56. The highest BCUT2D eigenvalue weighted by Crippen LogP contribution is 2.29. The molecule has 2 aromatic carbocycles. The van der Waals surface area contributed by atoms with E-state index in [4.69, 9.17) is 24.9 Å². The molecule has 5 N–H and O–H groups in total. The van der Waals surface area contributed by atoms with Crippen molar-refractivity contribution >= 4 is 11.4 Å². The molecule has 8 nitrogen and oxygen atoms in total. The van der Waals surface area contributed by atoms with Crippen LogP contribution in [0.15, 0.2) is 42.5 Å². The summed E-state index contributed by atoms with van der Waals surface area (Å²) in [7, 11) is 1.52. The molecular weight excluding hydrogens is 348 g/mol. The van der Waals surface area contributed by atoms with Gasteiger partial charge in [-0.25, -0.2) is 0 Å². The van der Waals surface area contributed by atoms with Gasteiger partial charge in [-0.15, -0.1) is 0 Å². The van der Waals surface area contributed by atoms with Gasteiger partial charge < -0.3 is 30.3 Å². The van der Waals surface area contributed by atoms with Crippen molar-refractivity contribution in [1.29, 1.82) is 5.26 Å². The number of rotatable bonds is 8. The minimum atomic E-state index is -1.57. The number of benzene rings is 2. The maximum Gasteiger partial charge on any atom is 0.211 e. The number of epoxide rings is 1. The maximum absolute atomic E-state index is 9.03. The van der Waals surface area contributed by atoms with Crippen LogP contribution in [0.2, 0.25) is 0 Å². The fourth-order valence-corrected chi connectivity index (χ4v) is 2.75. The SMILES string of the molecule is COc1cc(NC2OC2Nc2cccc([C@H](C)NC(O)O)c2)ccc1C#N. The van der Waals surface area contributed by atoms with E-state index in [1.807, 2.05) is 31.2 Å². The fraction of sp³-hybridized carbons (Fsp3) is 0.316. The van der Waals surface area contributed by atoms with E-state index < -0.39 is 6.41 Å². The first-order valence-electron chi connectivity index (χ1n) is 8.49. The molecule has 0 amide bonds. The van der Waals surface area contributed by atoms with Gasteiger partial charge in [0.25, 0.3) is 0 Å². The highest BCUT2D eigenvalue weighted by atomic mass is 16.6. The zero-order valence-corrected chi connectivity index (χ0v) is 15.0. The maximum atomic E-state index is 9.03. The van der Waals surface area contributed by atoms with E-state index in [-0.39, 0.29) is 18.5 Å². The number of hydrogen-bond donors (Lipinski definition) is 5. The number of nitrogens with zero attached hydrogens (tertiary/aromatic N) is 1. The van der Waals surface area contributed by atoms with Gasteiger partial charge in [0.15, 0.2) is 12.5 Å². The summed E-state index contributed by atoms with van der Waals surface area (Å²) >= 11 is 0. The lowest BCUT2D eigenvalue weighted by Crippen LogP contribution is -2.30. The van der Waals surface area contributed by atoms with Gasteiger partial charge in [-0.3, -0.25) is 5.32 Å². The van der Waals surface area contributed by atoms with E-state index in [0.717, 1.165) is 16.9 Å². The molecular formula is C19H22N4O4. The number of anilines is 2. The third-order valence-corrected chi connectivity index (χ3v) is 4.22. The van der Waals surface area contributed by atoms with Gasteiger partial charge in [-0.05, 0) is 36.8 Å². The van der Waals surface area contributed by atoms with Crippen LogP contribution in [0.3, 0.4) is 0 Å². The van der Waals surface area contributed by atoms with Crippen LogP contribution in [0.4, 0.5) is 11.4 Å². The van der Waals surface area contributed by atoms with Crippen LogP contribution in [0.5, 0.6) is 5.75 Å². The molecule has 1 aliphatic heterocycles. The molecule has 3 rings (SSSR count). The molecule has 0 saturated carbocycles. The average molecular weight is 370 g/mol. The predicted octanol–water partition coefficient (Wildman–Crippen LogP) is 1.69. The van der Waals surface area contributed by atoms with Gasteiger partial charge >= 0.3 is 0 Å². The quantitative estimate of drug-likeness (QED) is 0.351. The molecule has 0 bridgehead atoms. The third-order valence-electron chi connectivity index (χ3n) is 4.22. The molecule has 8 heteroatoms. The van der Waals surface area contributed by atoms with Gasteiger partial charge in [0, 0.05) is 23.5 Å². The molecule has 27 heavy (non-hydrogen) atoms. The lowest BCUT2D eigenvalue weighted by atomic mass is 10.1. The first-order chi connectivity index (χ1) is 13.0. The Bertz CT molecular complexity index is 837. The third kappa shape index (κ3) is 4.87. The number of hydrogen-bond acceptors (Lipinski definition) is 8. The van der Waals surface area contributed by atoms with Crippen LogP contribution in [0, 0.1) is 11.3 Å². The Morgan fingerprint density at radius 3 is 2.44 bits per heavy atom. The van der Waals surface area contributed by atoms with Gasteiger partial charge in [0.05, 0.1) is 12.7 Å². The number of methoxy groups -OCH3 is 1. The van der Waals surface area contributed by atoms with Crippen molar-refractivity contribution in [2.75, 3.05) is 17.7 Å². The Morgan fingerprint density at radius 2 is 1.81 bits per heavy atom. The van der Waals surface area contributed by atoms with Crippen molar-refractivity contribution in [2.45, 2.75) is 31.8 Å². The van der Waals surface area contributed by atoms with Gasteiger partial charge in [0.2, 0.25) is 6.41 Å². The topological polar surface area (TPSA) is 122 Å². The summed E-state index contributed by atoms with van der Waals surface area (Å²) in [5.74, 6) is 0.507. The van der Waals surface area contributed by atoms with Gasteiger partial charge in [-0.1, -0.05) is 12.1 Å². The van der Waals surface area contributed by atoms with Crippen molar-refractivity contribution in [1.82, 2.24) is 5.32 Å². The molecule has 0 aliphatic carbocycles. The van der Waals surface area contributed by atoms with E-state index in [2.05, 4.69) is 22.0 Å². The molecule has 1 saturated heterocycles. The van der Waals surface area contributed by atoms with E-state index in [1.54, 1.807) is 18.2 Å². The molecule has 2 aromatic rings. The number of nitriles is 1. The van der Waals surface area contributed by atoms with E-state index in [9.17, 15) is 0 Å². The first kappa shape index (κ1) is 18.9. The van der Waals surface area contributed by atoms with Gasteiger partial charge in [0.1, 0.15) is 11.8 Å². The van der Waals surface area contributed by atoms with Crippen molar-refractivity contribution < 1.29 is 19.7 Å². The van der Waals surface area contributed by atoms with E-state index >= 15 is 0 Å². The minimum Gasteiger partial charge on any atom is -0.495 e. The second-order valence-corrected chi connectivity index (χ2v) is 6.18. The predicted molar refractivity (Wildman–Crippen MR) is 99.8 cm³/mol. The molecule has 1 fully saturated rings. The van der Waals surface area contributed by atoms with Crippen LogP contribution in [-0.2, 0) is 4.74 Å². The number of aliphatic hydroxyl groups excluding tert-OH is 1. The second-order valence-electron chi connectivity index (χ2n) is 6.18. The Balaban J connectivity index is 1.58. The lowest BCUT2D eigenvalue weighted by molar-refractivity contribution is -0.0725. The average Bonchev–Trinajstić information content (AvgIpc) is 3.38. The molecule has 2 unspecified atom stereocenters. The Morgan fingerprint density at radius 1 is 1.11 bits per heavy atom. The fourth-order valence-electron chi connectivity index (χ4n) is 2.75. The zero-order chi connectivity index (χ0) is 19.4. The standard InChI is InChI=1S/C19H22N4O4/c1-11(21-19(24)25)12-4-3-5-14(8-12)22-17-18(27-17)23-15-7-6-13(10-20)16(9-15)26-2/h3-9,11,17-19,21-25H,1-2H3/t11-,17?,18?/m0/s1. The van der Waals surface area contributed by atoms with Crippen LogP contribution in [-0.4, -0.2) is 36.2 Å². The van der Waals surface area contributed by atoms with E-state index in [1.165, 1.54) is 7.11 Å². The Hall–Kier alpha value is -2.83. The zero-order valence-electron chi connectivity index (χ0n) is 15.0.